The fourth-order valence-electron chi connectivity index (χ4n) is 6.22. The van der Waals surface area contributed by atoms with Crippen molar-refractivity contribution in [2.45, 2.75) is 83.0 Å². The molecule has 42 heavy (non-hydrogen) atoms. The molecule has 0 unspecified atom stereocenters. The third-order valence-corrected chi connectivity index (χ3v) is 8.89. The van der Waals surface area contributed by atoms with Crippen LogP contribution in [0.25, 0.3) is 0 Å². The Labute approximate surface area is 252 Å². The third kappa shape index (κ3) is 8.96. The highest BCUT2D eigenvalue weighted by molar-refractivity contribution is 9.10. The minimum atomic E-state index is -4.55. The van der Waals surface area contributed by atoms with Gasteiger partial charge in [-0.3, -0.25) is 9.59 Å². The van der Waals surface area contributed by atoms with Crippen LogP contribution in [0.3, 0.4) is 0 Å². The molecule has 228 valence electrons. The minimum absolute atomic E-state index is 0.0129. The molecule has 3 amide bonds. The number of amides is 3. The van der Waals surface area contributed by atoms with Gasteiger partial charge in [0.25, 0.3) is 5.91 Å². The van der Waals surface area contributed by atoms with Gasteiger partial charge in [0.1, 0.15) is 0 Å². The van der Waals surface area contributed by atoms with Crippen LogP contribution in [0.5, 0.6) is 0 Å². The summed E-state index contributed by atoms with van der Waals surface area (Å²) in [4.78, 5) is 38.4. The summed E-state index contributed by atoms with van der Waals surface area (Å²) in [6.45, 7) is 0.241. The predicted octanol–water partition coefficient (Wildman–Crippen LogP) is 7.85. The number of anilines is 1. The van der Waals surface area contributed by atoms with E-state index in [0.717, 1.165) is 49.3 Å². The molecule has 0 aromatic heterocycles. The van der Waals surface area contributed by atoms with Crippen LogP contribution in [0.1, 0.15) is 85.7 Å². The molecule has 0 saturated heterocycles. The average Bonchev–Trinajstić information content (AvgIpc) is 2.96. The number of halogens is 4. The van der Waals surface area contributed by atoms with Crippen molar-refractivity contribution in [1.29, 1.82) is 0 Å². The number of carboxylic acids is 1. The van der Waals surface area contributed by atoms with E-state index in [1.54, 1.807) is 29.2 Å². The quantitative estimate of drug-likeness (QED) is 0.257. The number of aliphatic carboxylic acids is 1. The van der Waals surface area contributed by atoms with Crippen molar-refractivity contribution in [3.63, 3.8) is 0 Å². The zero-order chi connectivity index (χ0) is 30.3. The van der Waals surface area contributed by atoms with Crippen LogP contribution in [0, 0.1) is 11.8 Å². The monoisotopic (exact) mass is 651 g/mol. The minimum Gasteiger partial charge on any atom is -0.481 e. The Morgan fingerprint density at radius 3 is 2.17 bits per heavy atom. The maximum Gasteiger partial charge on any atom is 0.416 e. The number of nitrogens with one attached hydrogen (secondary N) is 2. The molecule has 2 saturated carbocycles. The van der Waals surface area contributed by atoms with Gasteiger partial charge in [-0.2, -0.15) is 13.2 Å². The molecule has 3 N–H and O–H groups in total. The highest BCUT2D eigenvalue weighted by Crippen LogP contribution is 2.40. The third-order valence-electron chi connectivity index (χ3n) is 8.43. The van der Waals surface area contributed by atoms with Gasteiger partial charge in [0.15, 0.2) is 0 Å². The summed E-state index contributed by atoms with van der Waals surface area (Å²) < 4.78 is 40.4. The molecular weight excluding hydrogens is 615 g/mol. The van der Waals surface area contributed by atoms with Crippen molar-refractivity contribution in [2.75, 3.05) is 11.9 Å². The molecule has 2 aromatic rings. The smallest absolute Gasteiger partial charge is 0.416 e. The lowest BCUT2D eigenvalue weighted by Gasteiger charge is -2.40. The van der Waals surface area contributed by atoms with Gasteiger partial charge in [-0.1, -0.05) is 60.2 Å². The molecule has 4 rings (SSSR count). The SMILES string of the molecule is O=C(O)CCNC(=O)c1ccc(CN(C(=O)Nc2cc(Br)cc(C(F)(F)F)c2)C2CCC(C3CCCCC3)CC2)cc1. The zero-order valence-corrected chi connectivity index (χ0v) is 25.0. The Morgan fingerprint density at radius 2 is 1.55 bits per heavy atom. The maximum atomic E-state index is 13.6. The van der Waals surface area contributed by atoms with Crippen LogP contribution in [0.15, 0.2) is 46.9 Å². The molecule has 2 aromatic carbocycles. The fraction of sp³-hybridized carbons (Fsp3) is 0.516. The first kappa shape index (κ1) is 31.8. The van der Waals surface area contributed by atoms with E-state index >= 15 is 0 Å². The lowest BCUT2D eigenvalue weighted by atomic mass is 9.72. The van der Waals surface area contributed by atoms with E-state index < -0.39 is 29.6 Å². The number of hydrogen-bond donors (Lipinski definition) is 3. The first-order valence-electron chi connectivity index (χ1n) is 14.5. The standard InChI is InChI=1S/C31H37BrF3N3O4/c32-25-16-24(31(33,34)35)17-26(18-25)37-30(42)38(27-12-10-22(11-13-27)21-4-2-1-3-5-21)19-20-6-8-23(9-7-20)29(41)36-15-14-28(39)40/h6-9,16-18,21-22,27H,1-5,10-15,19H2,(H,36,41)(H,37,42)(H,39,40). The van der Waals surface area contributed by atoms with Gasteiger partial charge in [0.05, 0.1) is 12.0 Å². The highest BCUT2D eigenvalue weighted by Gasteiger charge is 2.34. The summed E-state index contributed by atoms with van der Waals surface area (Å²) in [7, 11) is 0. The zero-order valence-electron chi connectivity index (χ0n) is 23.4. The van der Waals surface area contributed by atoms with Crippen LogP contribution in [0.4, 0.5) is 23.7 Å². The van der Waals surface area contributed by atoms with Gasteiger partial charge in [-0.25, -0.2) is 4.79 Å². The lowest BCUT2D eigenvalue weighted by Crippen LogP contribution is -2.44. The van der Waals surface area contributed by atoms with E-state index in [2.05, 4.69) is 26.6 Å². The van der Waals surface area contributed by atoms with E-state index in [4.69, 9.17) is 5.11 Å². The number of benzene rings is 2. The first-order valence-corrected chi connectivity index (χ1v) is 15.3. The van der Waals surface area contributed by atoms with E-state index in [1.165, 1.54) is 38.2 Å². The number of alkyl halides is 3. The van der Waals surface area contributed by atoms with E-state index in [-0.39, 0.29) is 35.7 Å². The Morgan fingerprint density at radius 1 is 0.905 bits per heavy atom. The first-order chi connectivity index (χ1) is 20.0. The number of carbonyl (C=O) groups is 3. The topological polar surface area (TPSA) is 98.7 Å². The van der Waals surface area contributed by atoms with Crippen molar-refractivity contribution in [2.24, 2.45) is 11.8 Å². The van der Waals surface area contributed by atoms with Crippen molar-refractivity contribution in [3.05, 3.63) is 63.6 Å². The summed E-state index contributed by atoms with van der Waals surface area (Å²) in [5.74, 6) is -0.0220. The van der Waals surface area contributed by atoms with Crippen LogP contribution < -0.4 is 10.6 Å². The van der Waals surface area contributed by atoms with Gasteiger partial charge in [0, 0.05) is 34.9 Å². The van der Waals surface area contributed by atoms with Gasteiger partial charge in [-0.15, -0.1) is 0 Å². The summed E-state index contributed by atoms with van der Waals surface area (Å²) >= 11 is 3.12. The molecule has 0 spiro atoms. The number of urea groups is 1. The second kappa shape index (κ2) is 14.4. The van der Waals surface area contributed by atoms with Crippen LogP contribution >= 0.6 is 15.9 Å². The molecule has 7 nitrogen and oxygen atoms in total. The molecule has 11 heteroatoms. The molecule has 0 heterocycles. The number of carboxylic acid groups (broad SMARTS) is 1. The van der Waals surface area contributed by atoms with E-state index in [0.29, 0.717) is 11.5 Å². The van der Waals surface area contributed by atoms with Crippen LogP contribution in [-0.4, -0.2) is 40.5 Å². The van der Waals surface area contributed by atoms with Crippen molar-refractivity contribution in [1.82, 2.24) is 10.2 Å². The number of rotatable bonds is 9. The van der Waals surface area contributed by atoms with Gasteiger partial charge >= 0.3 is 18.2 Å². The van der Waals surface area contributed by atoms with Gasteiger partial charge < -0.3 is 20.6 Å². The number of nitrogens with zero attached hydrogens (tertiary/aromatic N) is 1. The molecule has 2 aliphatic rings. The van der Waals surface area contributed by atoms with Crippen molar-refractivity contribution >= 4 is 39.5 Å². The second-order valence-corrected chi connectivity index (χ2v) is 12.3. The Balaban J connectivity index is 1.48. The molecule has 2 aliphatic carbocycles. The molecular formula is C31H37BrF3N3O4. The summed E-state index contributed by atoms with van der Waals surface area (Å²) in [5.41, 5.74) is 0.328. The van der Waals surface area contributed by atoms with Gasteiger partial charge in [0.2, 0.25) is 0 Å². The molecule has 0 aliphatic heterocycles. The van der Waals surface area contributed by atoms with Crippen LogP contribution in [-0.2, 0) is 17.5 Å². The number of carbonyl (C=O) groups excluding carboxylic acids is 2. The lowest BCUT2D eigenvalue weighted by molar-refractivity contribution is -0.138. The molecule has 0 radical (unpaired) electrons. The Kier molecular flexibility index (Phi) is 10.9. The molecule has 0 atom stereocenters. The average molecular weight is 653 g/mol. The molecule has 2 fully saturated rings. The van der Waals surface area contributed by atoms with Crippen molar-refractivity contribution in [3.8, 4) is 0 Å². The Hall–Kier alpha value is -3.08. The Bertz CT molecular complexity index is 1240. The highest BCUT2D eigenvalue weighted by atomic mass is 79.9. The number of hydrogen-bond acceptors (Lipinski definition) is 3. The fourth-order valence-corrected chi connectivity index (χ4v) is 6.71. The van der Waals surface area contributed by atoms with Gasteiger partial charge in [-0.05, 0) is 73.4 Å². The normalized spacial score (nSPS) is 19.6. The van der Waals surface area contributed by atoms with E-state index in [1.807, 2.05) is 0 Å². The predicted molar refractivity (Wildman–Crippen MR) is 157 cm³/mol. The molecule has 0 bridgehead atoms. The largest absolute Gasteiger partial charge is 0.481 e. The second-order valence-electron chi connectivity index (χ2n) is 11.3. The van der Waals surface area contributed by atoms with Crippen LogP contribution in [0.2, 0.25) is 0 Å². The summed E-state index contributed by atoms with van der Waals surface area (Å²) in [5, 5.41) is 14.0. The summed E-state index contributed by atoms with van der Waals surface area (Å²) in [6, 6.07) is 9.51. The maximum absolute atomic E-state index is 13.6. The summed E-state index contributed by atoms with van der Waals surface area (Å²) in [6.07, 6.45) is 5.33. The van der Waals surface area contributed by atoms with Crippen molar-refractivity contribution < 1.29 is 32.7 Å². The van der Waals surface area contributed by atoms with E-state index in [9.17, 15) is 27.6 Å².